The molecule has 0 radical (unpaired) electrons. The molecule has 0 spiro atoms. The Labute approximate surface area is 156 Å². The lowest BCUT2D eigenvalue weighted by molar-refractivity contribution is -0.115. The van der Waals surface area contributed by atoms with Crippen molar-refractivity contribution in [2.75, 3.05) is 12.4 Å². The van der Waals surface area contributed by atoms with E-state index >= 15 is 0 Å². The number of carbonyl (C=O) groups is 1. The Bertz CT molecular complexity index is 1090. The van der Waals surface area contributed by atoms with E-state index in [9.17, 15) is 4.79 Å². The first-order chi connectivity index (χ1) is 13.2. The van der Waals surface area contributed by atoms with Gasteiger partial charge in [-0.3, -0.25) is 4.79 Å². The van der Waals surface area contributed by atoms with Crippen molar-refractivity contribution in [1.82, 2.24) is 14.6 Å². The number of fused-ring (bicyclic) bond motifs is 1. The van der Waals surface area contributed by atoms with E-state index in [1.165, 1.54) is 0 Å². The number of hydrogen-bond donors (Lipinski definition) is 1. The van der Waals surface area contributed by atoms with E-state index < -0.39 is 0 Å². The molecular formula is C21H18N4O2. The van der Waals surface area contributed by atoms with Gasteiger partial charge in [-0.25, -0.2) is 9.50 Å². The van der Waals surface area contributed by atoms with Gasteiger partial charge in [-0.2, -0.15) is 0 Å². The van der Waals surface area contributed by atoms with Crippen LogP contribution in [0, 0.1) is 0 Å². The Morgan fingerprint density at radius 1 is 1.07 bits per heavy atom. The van der Waals surface area contributed by atoms with Gasteiger partial charge in [0.2, 0.25) is 11.8 Å². The van der Waals surface area contributed by atoms with Gasteiger partial charge in [0.1, 0.15) is 0 Å². The van der Waals surface area contributed by atoms with Gasteiger partial charge in [-0.1, -0.05) is 42.5 Å². The second kappa shape index (κ2) is 7.29. The monoisotopic (exact) mass is 358 g/mol. The molecule has 1 N–H and O–H groups in total. The minimum absolute atomic E-state index is 0.0558. The van der Waals surface area contributed by atoms with Crippen molar-refractivity contribution in [3.63, 3.8) is 0 Å². The molecule has 1 amide bonds. The van der Waals surface area contributed by atoms with Crippen LogP contribution in [-0.4, -0.2) is 27.6 Å². The topological polar surface area (TPSA) is 68.5 Å². The van der Waals surface area contributed by atoms with E-state index in [0.29, 0.717) is 12.3 Å². The smallest absolute Gasteiger partial charge is 0.231 e. The standard InChI is InChI=1S/C21H18N4O2/c1-27-21-11-10-19-23-18(14-25(19)24-21)16-8-5-9-17(13-16)22-20(26)12-15-6-3-2-4-7-15/h2-11,13-14H,12H2,1H3,(H,22,26). The number of nitrogens with one attached hydrogen (secondary N) is 1. The maximum atomic E-state index is 12.3. The predicted molar refractivity (Wildman–Crippen MR) is 104 cm³/mol. The number of anilines is 1. The number of ether oxygens (including phenoxy) is 1. The van der Waals surface area contributed by atoms with Crippen molar-refractivity contribution < 1.29 is 9.53 Å². The highest BCUT2D eigenvalue weighted by atomic mass is 16.5. The lowest BCUT2D eigenvalue weighted by atomic mass is 10.1. The zero-order valence-electron chi connectivity index (χ0n) is 14.8. The molecule has 2 heterocycles. The van der Waals surface area contributed by atoms with E-state index in [0.717, 1.165) is 28.2 Å². The average molecular weight is 358 g/mol. The Morgan fingerprint density at radius 2 is 1.93 bits per heavy atom. The number of carbonyl (C=O) groups excluding carboxylic acids is 1. The lowest BCUT2D eigenvalue weighted by Crippen LogP contribution is -2.14. The highest BCUT2D eigenvalue weighted by Crippen LogP contribution is 2.23. The summed E-state index contributed by atoms with van der Waals surface area (Å²) >= 11 is 0. The van der Waals surface area contributed by atoms with Crippen molar-refractivity contribution >= 4 is 17.2 Å². The molecule has 27 heavy (non-hydrogen) atoms. The molecule has 6 heteroatoms. The minimum atomic E-state index is -0.0558. The molecule has 2 aromatic carbocycles. The summed E-state index contributed by atoms with van der Waals surface area (Å²) < 4.78 is 6.82. The van der Waals surface area contributed by atoms with Crippen LogP contribution < -0.4 is 10.1 Å². The molecule has 6 nitrogen and oxygen atoms in total. The van der Waals surface area contributed by atoms with Gasteiger partial charge in [0.25, 0.3) is 0 Å². The van der Waals surface area contributed by atoms with E-state index in [2.05, 4.69) is 15.4 Å². The molecule has 0 aliphatic heterocycles. The summed E-state index contributed by atoms with van der Waals surface area (Å²) in [6.45, 7) is 0. The lowest BCUT2D eigenvalue weighted by Gasteiger charge is -2.06. The van der Waals surface area contributed by atoms with Crippen molar-refractivity contribution in [2.45, 2.75) is 6.42 Å². The fraction of sp³-hybridized carbons (Fsp3) is 0.0952. The van der Waals surface area contributed by atoms with Crippen LogP contribution in [0.15, 0.2) is 72.9 Å². The first kappa shape index (κ1) is 16.8. The van der Waals surface area contributed by atoms with Crippen molar-refractivity contribution in [3.05, 3.63) is 78.5 Å². The van der Waals surface area contributed by atoms with E-state index in [4.69, 9.17) is 4.74 Å². The van der Waals surface area contributed by atoms with Crippen LogP contribution in [0.3, 0.4) is 0 Å². The van der Waals surface area contributed by atoms with Crippen LogP contribution >= 0.6 is 0 Å². The zero-order valence-corrected chi connectivity index (χ0v) is 14.8. The second-order valence-electron chi connectivity index (χ2n) is 6.10. The molecule has 0 atom stereocenters. The van der Waals surface area contributed by atoms with Crippen molar-refractivity contribution in [2.24, 2.45) is 0 Å². The van der Waals surface area contributed by atoms with Crippen LogP contribution in [0.2, 0.25) is 0 Å². The molecule has 4 aromatic rings. The Morgan fingerprint density at radius 3 is 2.74 bits per heavy atom. The summed E-state index contributed by atoms with van der Waals surface area (Å²) in [4.78, 5) is 16.9. The minimum Gasteiger partial charge on any atom is -0.480 e. The SMILES string of the molecule is COc1ccc2nc(-c3cccc(NC(=O)Cc4ccccc4)c3)cn2n1. The van der Waals surface area contributed by atoms with E-state index in [1.54, 1.807) is 17.7 Å². The predicted octanol–water partition coefficient (Wildman–Crippen LogP) is 3.59. The molecule has 0 aliphatic carbocycles. The molecule has 0 bridgehead atoms. The van der Waals surface area contributed by atoms with Gasteiger partial charge in [0, 0.05) is 17.3 Å². The molecule has 134 valence electrons. The number of methoxy groups -OCH3 is 1. The van der Waals surface area contributed by atoms with Gasteiger partial charge in [0.15, 0.2) is 5.65 Å². The summed E-state index contributed by atoms with van der Waals surface area (Å²) in [5.74, 6) is 0.466. The second-order valence-corrected chi connectivity index (χ2v) is 6.10. The number of benzene rings is 2. The molecule has 0 aliphatic rings. The molecule has 4 rings (SSSR count). The summed E-state index contributed by atoms with van der Waals surface area (Å²) in [7, 11) is 1.58. The van der Waals surface area contributed by atoms with Gasteiger partial charge in [-0.05, 0) is 23.8 Å². The number of aromatic nitrogens is 3. The molecular weight excluding hydrogens is 340 g/mol. The number of nitrogens with zero attached hydrogens (tertiary/aromatic N) is 3. The molecule has 0 saturated heterocycles. The van der Waals surface area contributed by atoms with Gasteiger partial charge in [0.05, 0.1) is 25.4 Å². The van der Waals surface area contributed by atoms with Crippen LogP contribution in [0.5, 0.6) is 5.88 Å². The maximum Gasteiger partial charge on any atom is 0.231 e. The first-order valence-electron chi connectivity index (χ1n) is 8.56. The highest BCUT2D eigenvalue weighted by Gasteiger charge is 2.09. The summed E-state index contributed by atoms with van der Waals surface area (Å²) in [5, 5.41) is 7.26. The number of imidazole rings is 1. The molecule has 0 saturated carbocycles. The highest BCUT2D eigenvalue weighted by molar-refractivity contribution is 5.92. The quantitative estimate of drug-likeness (QED) is 0.592. The number of hydrogen-bond acceptors (Lipinski definition) is 4. The molecule has 2 aromatic heterocycles. The summed E-state index contributed by atoms with van der Waals surface area (Å²) in [5.41, 5.74) is 4.11. The largest absolute Gasteiger partial charge is 0.480 e. The maximum absolute atomic E-state index is 12.3. The first-order valence-corrected chi connectivity index (χ1v) is 8.56. The fourth-order valence-electron chi connectivity index (χ4n) is 2.86. The summed E-state index contributed by atoms with van der Waals surface area (Å²) in [6, 6.07) is 20.9. The molecule has 0 unspecified atom stereocenters. The van der Waals surface area contributed by atoms with Gasteiger partial charge >= 0.3 is 0 Å². The number of amides is 1. The van der Waals surface area contributed by atoms with E-state index in [1.807, 2.05) is 66.9 Å². The van der Waals surface area contributed by atoms with Crippen LogP contribution in [0.25, 0.3) is 16.9 Å². The van der Waals surface area contributed by atoms with Crippen LogP contribution in [0.4, 0.5) is 5.69 Å². The third-order valence-corrected chi connectivity index (χ3v) is 4.15. The van der Waals surface area contributed by atoms with Crippen molar-refractivity contribution in [3.8, 4) is 17.1 Å². The van der Waals surface area contributed by atoms with E-state index in [-0.39, 0.29) is 5.91 Å². The van der Waals surface area contributed by atoms with Gasteiger partial charge < -0.3 is 10.1 Å². The zero-order chi connectivity index (χ0) is 18.6. The third kappa shape index (κ3) is 3.79. The third-order valence-electron chi connectivity index (χ3n) is 4.15. The fourth-order valence-corrected chi connectivity index (χ4v) is 2.86. The van der Waals surface area contributed by atoms with Gasteiger partial charge in [-0.15, -0.1) is 5.10 Å². The van der Waals surface area contributed by atoms with Crippen LogP contribution in [-0.2, 0) is 11.2 Å². The number of rotatable bonds is 5. The summed E-state index contributed by atoms with van der Waals surface area (Å²) in [6.07, 6.45) is 2.17. The van der Waals surface area contributed by atoms with Crippen molar-refractivity contribution in [1.29, 1.82) is 0 Å². The Kier molecular flexibility index (Phi) is 4.53. The average Bonchev–Trinajstić information content (AvgIpc) is 3.12. The Balaban J connectivity index is 1.54. The van der Waals surface area contributed by atoms with Crippen LogP contribution in [0.1, 0.15) is 5.56 Å². The normalized spacial score (nSPS) is 10.7. The Hall–Kier alpha value is -3.67. The molecule has 0 fully saturated rings.